The lowest BCUT2D eigenvalue weighted by atomic mass is 10.1. The van der Waals surface area contributed by atoms with Gasteiger partial charge in [0.25, 0.3) is 5.69 Å². The van der Waals surface area contributed by atoms with Gasteiger partial charge in [-0.1, -0.05) is 0 Å². The van der Waals surface area contributed by atoms with Crippen molar-refractivity contribution in [1.82, 2.24) is 0 Å². The van der Waals surface area contributed by atoms with Gasteiger partial charge in [0, 0.05) is 12.1 Å². The Hall–Kier alpha value is -2.15. The van der Waals surface area contributed by atoms with Gasteiger partial charge in [-0.2, -0.15) is 0 Å². The Bertz CT molecular complexity index is 461. The molecule has 0 aliphatic heterocycles. The number of primary amides is 2. The summed E-state index contributed by atoms with van der Waals surface area (Å²) in [4.78, 5) is 31.4. The number of nitro benzene ring substituents is 1. The van der Waals surface area contributed by atoms with Crippen molar-refractivity contribution in [2.45, 2.75) is 0 Å². The van der Waals surface area contributed by atoms with Crippen LogP contribution in [-0.4, -0.2) is 16.7 Å². The highest BCUT2D eigenvalue weighted by Gasteiger charge is 2.17. The molecule has 1 rings (SSSR count). The first-order valence-corrected chi connectivity index (χ1v) is 3.81. The molecule has 1 aromatic rings. The smallest absolute Gasteiger partial charge is 0.270 e. The molecule has 0 atom stereocenters. The Kier molecular flexibility index (Phi) is 4.40. The van der Waals surface area contributed by atoms with Crippen molar-refractivity contribution in [2.24, 2.45) is 11.5 Å². The van der Waals surface area contributed by atoms with E-state index in [-0.39, 0.29) is 29.2 Å². The van der Waals surface area contributed by atoms with E-state index in [1.807, 2.05) is 0 Å². The number of hydrogen-bond acceptors (Lipinski definition) is 4. The summed E-state index contributed by atoms with van der Waals surface area (Å²) in [6.45, 7) is 0. The van der Waals surface area contributed by atoms with Crippen molar-refractivity contribution in [2.75, 3.05) is 0 Å². The topological polar surface area (TPSA) is 129 Å². The first-order chi connectivity index (χ1) is 6.93. The van der Waals surface area contributed by atoms with Crippen molar-refractivity contribution >= 4 is 29.9 Å². The Labute approximate surface area is 96.0 Å². The van der Waals surface area contributed by atoms with E-state index in [1.54, 1.807) is 0 Å². The molecule has 0 unspecified atom stereocenters. The lowest BCUT2D eigenvalue weighted by Gasteiger charge is -2.01. The minimum atomic E-state index is -0.937. The first kappa shape index (κ1) is 13.8. The van der Waals surface area contributed by atoms with Crippen LogP contribution in [0.2, 0.25) is 0 Å². The van der Waals surface area contributed by atoms with E-state index < -0.39 is 16.7 Å². The average Bonchev–Trinajstić information content (AvgIpc) is 2.16. The molecule has 0 fully saturated rings. The van der Waals surface area contributed by atoms with Gasteiger partial charge in [-0.25, -0.2) is 0 Å². The highest BCUT2D eigenvalue weighted by Crippen LogP contribution is 2.17. The number of halogens is 1. The SMILES string of the molecule is Cl.NC(=O)c1ccc([N+](=O)[O-])cc1C(N)=O. The summed E-state index contributed by atoms with van der Waals surface area (Å²) in [7, 11) is 0. The van der Waals surface area contributed by atoms with Crippen LogP contribution >= 0.6 is 12.4 Å². The monoisotopic (exact) mass is 245 g/mol. The van der Waals surface area contributed by atoms with Crippen LogP contribution in [0.4, 0.5) is 5.69 Å². The predicted octanol–water partition coefficient (Wildman–Crippen LogP) is 0.214. The van der Waals surface area contributed by atoms with Crippen molar-refractivity contribution in [3.05, 3.63) is 39.4 Å². The lowest BCUT2D eigenvalue weighted by molar-refractivity contribution is -0.384. The highest BCUT2D eigenvalue weighted by molar-refractivity contribution is 6.06. The summed E-state index contributed by atoms with van der Waals surface area (Å²) in [6, 6.07) is 3.09. The molecule has 1 aromatic carbocycles. The number of non-ortho nitro benzene ring substituents is 1. The van der Waals surface area contributed by atoms with Gasteiger partial charge >= 0.3 is 0 Å². The number of carbonyl (C=O) groups excluding carboxylic acids is 2. The fourth-order valence-electron chi connectivity index (χ4n) is 1.06. The third-order valence-corrected chi connectivity index (χ3v) is 1.74. The van der Waals surface area contributed by atoms with E-state index >= 15 is 0 Å². The molecule has 0 aliphatic carbocycles. The van der Waals surface area contributed by atoms with Gasteiger partial charge in [0.1, 0.15) is 0 Å². The summed E-state index contributed by atoms with van der Waals surface area (Å²) in [5.41, 5.74) is 9.20. The number of rotatable bonds is 3. The fraction of sp³-hybridized carbons (Fsp3) is 0. The molecule has 0 saturated heterocycles. The Morgan fingerprint density at radius 3 is 2.00 bits per heavy atom. The van der Waals surface area contributed by atoms with Gasteiger partial charge in [-0.15, -0.1) is 12.4 Å². The number of nitro groups is 1. The predicted molar refractivity (Wildman–Crippen MR) is 57.4 cm³/mol. The zero-order valence-electron chi connectivity index (χ0n) is 7.88. The minimum Gasteiger partial charge on any atom is -0.366 e. The van der Waals surface area contributed by atoms with Gasteiger partial charge in [0.2, 0.25) is 11.8 Å². The molecule has 0 aromatic heterocycles. The second kappa shape index (κ2) is 5.08. The molecule has 4 N–H and O–H groups in total. The number of nitrogens with two attached hydrogens (primary N) is 2. The quantitative estimate of drug-likeness (QED) is 0.582. The number of hydrogen-bond donors (Lipinski definition) is 2. The molecular weight excluding hydrogens is 238 g/mol. The molecule has 7 nitrogen and oxygen atoms in total. The molecule has 16 heavy (non-hydrogen) atoms. The molecule has 8 heteroatoms. The minimum absolute atomic E-state index is 0. The molecule has 0 bridgehead atoms. The summed E-state index contributed by atoms with van der Waals surface area (Å²) in [5.74, 6) is -1.80. The van der Waals surface area contributed by atoms with Crippen LogP contribution in [0.15, 0.2) is 18.2 Å². The Morgan fingerprint density at radius 2 is 1.62 bits per heavy atom. The summed E-state index contributed by atoms with van der Waals surface area (Å²) in [6.07, 6.45) is 0. The maximum Gasteiger partial charge on any atom is 0.270 e. The van der Waals surface area contributed by atoms with Crippen molar-refractivity contribution in [3.8, 4) is 0 Å². The van der Waals surface area contributed by atoms with E-state index in [2.05, 4.69) is 0 Å². The maximum absolute atomic E-state index is 10.9. The lowest BCUT2D eigenvalue weighted by Crippen LogP contribution is -2.20. The van der Waals surface area contributed by atoms with Gasteiger partial charge < -0.3 is 11.5 Å². The van der Waals surface area contributed by atoms with Crippen LogP contribution in [-0.2, 0) is 0 Å². The molecule has 0 heterocycles. The summed E-state index contributed by atoms with van der Waals surface area (Å²) >= 11 is 0. The fourth-order valence-corrected chi connectivity index (χ4v) is 1.06. The van der Waals surface area contributed by atoms with Crippen LogP contribution in [0.3, 0.4) is 0 Å². The van der Waals surface area contributed by atoms with E-state index in [9.17, 15) is 19.7 Å². The molecule has 2 amide bonds. The Morgan fingerprint density at radius 1 is 1.12 bits per heavy atom. The number of nitrogens with zero attached hydrogens (tertiary/aromatic N) is 1. The molecule has 0 aliphatic rings. The normalized spacial score (nSPS) is 9.00. The van der Waals surface area contributed by atoms with Crippen LogP contribution in [0, 0.1) is 10.1 Å². The van der Waals surface area contributed by atoms with Crippen LogP contribution in [0.25, 0.3) is 0 Å². The van der Waals surface area contributed by atoms with Gasteiger partial charge in [-0.05, 0) is 6.07 Å². The molecule has 0 spiro atoms. The van der Waals surface area contributed by atoms with Crippen LogP contribution in [0.1, 0.15) is 20.7 Å². The van der Waals surface area contributed by atoms with Gasteiger partial charge in [0.05, 0.1) is 16.1 Å². The van der Waals surface area contributed by atoms with Crippen molar-refractivity contribution in [1.29, 1.82) is 0 Å². The second-order valence-corrected chi connectivity index (χ2v) is 2.72. The van der Waals surface area contributed by atoms with Gasteiger partial charge in [0.15, 0.2) is 0 Å². The molecule has 0 saturated carbocycles. The van der Waals surface area contributed by atoms with E-state index in [1.165, 1.54) is 0 Å². The zero-order valence-corrected chi connectivity index (χ0v) is 8.69. The van der Waals surface area contributed by atoms with E-state index in [0.29, 0.717) is 0 Å². The summed E-state index contributed by atoms with van der Waals surface area (Å²) in [5, 5.41) is 10.4. The third kappa shape index (κ3) is 2.67. The molecular formula is C8H8ClN3O4. The maximum atomic E-state index is 10.9. The van der Waals surface area contributed by atoms with Crippen molar-refractivity contribution in [3.63, 3.8) is 0 Å². The number of benzene rings is 1. The highest BCUT2D eigenvalue weighted by atomic mass is 35.5. The Balaban J connectivity index is 0.00000225. The third-order valence-electron chi connectivity index (χ3n) is 1.74. The standard InChI is InChI=1S/C8H7N3O4.ClH/c9-7(12)5-2-1-4(11(14)15)3-6(5)8(10)13;/h1-3H,(H2,9,12)(H2,10,13);1H. The summed E-state index contributed by atoms with van der Waals surface area (Å²) < 4.78 is 0. The van der Waals surface area contributed by atoms with E-state index in [0.717, 1.165) is 18.2 Å². The largest absolute Gasteiger partial charge is 0.366 e. The van der Waals surface area contributed by atoms with Crippen LogP contribution in [0.5, 0.6) is 0 Å². The number of amides is 2. The van der Waals surface area contributed by atoms with Crippen molar-refractivity contribution < 1.29 is 14.5 Å². The zero-order chi connectivity index (χ0) is 11.6. The van der Waals surface area contributed by atoms with E-state index in [4.69, 9.17) is 11.5 Å². The molecule has 0 radical (unpaired) electrons. The molecule has 86 valence electrons. The second-order valence-electron chi connectivity index (χ2n) is 2.72. The van der Waals surface area contributed by atoms with Gasteiger partial charge in [-0.3, -0.25) is 19.7 Å². The first-order valence-electron chi connectivity index (χ1n) is 3.81. The number of carbonyl (C=O) groups is 2. The van der Waals surface area contributed by atoms with Crippen LogP contribution < -0.4 is 11.5 Å². The average molecular weight is 246 g/mol.